The average Bonchev–Trinajstić information content (AvgIpc) is 2.78. The highest BCUT2D eigenvalue weighted by Crippen LogP contribution is 2.20. The third kappa shape index (κ3) is 5.74. The largest absolute Gasteiger partial charge is 0.491 e. The van der Waals surface area contributed by atoms with Gasteiger partial charge in [0.05, 0.1) is 6.10 Å². The molecule has 0 unspecified atom stereocenters. The fourth-order valence-electron chi connectivity index (χ4n) is 3.99. The Labute approximate surface area is 184 Å². The molecule has 3 aromatic carbocycles. The van der Waals surface area contributed by atoms with Crippen molar-refractivity contribution in [1.82, 2.24) is 10.2 Å². The van der Waals surface area contributed by atoms with Crippen LogP contribution in [0.25, 0.3) is 0 Å². The first-order valence-corrected chi connectivity index (χ1v) is 11.0. The summed E-state index contributed by atoms with van der Waals surface area (Å²) in [4.78, 5) is 15.0. The molecule has 0 aliphatic carbocycles. The summed E-state index contributed by atoms with van der Waals surface area (Å²) < 4.78 is 5.72. The molecule has 0 atom stereocenters. The van der Waals surface area contributed by atoms with Crippen molar-refractivity contribution in [3.05, 3.63) is 101 Å². The van der Waals surface area contributed by atoms with Gasteiger partial charge in [-0.15, -0.1) is 0 Å². The molecule has 31 heavy (non-hydrogen) atoms. The highest BCUT2D eigenvalue weighted by Gasteiger charge is 2.16. The lowest BCUT2D eigenvalue weighted by Crippen LogP contribution is -2.30. The number of hydrogen-bond acceptors (Lipinski definition) is 3. The van der Waals surface area contributed by atoms with E-state index in [2.05, 4.69) is 46.6 Å². The average molecular weight is 415 g/mol. The first-order valence-electron chi connectivity index (χ1n) is 11.0. The van der Waals surface area contributed by atoms with Crippen LogP contribution >= 0.6 is 0 Å². The lowest BCUT2D eigenvalue weighted by Gasteiger charge is -2.28. The first kappa shape index (κ1) is 21.1. The molecule has 0 radical (unpaired) electrons. The van der Waals surface area contributed by atoms with E-state index < -0.39 is 0 Å². The van der Waals surface area contributed by atoms with Crippen molar-refractivity contribution < 1.29 is 9.53 Å². The second-order valence-corrected chi connectivity index (χ2v) is 8.42. The number of amides is 1. The molecule has 0 fully saturated rings. The van der Waals surface area contributed by atoms with Crippen LogP contribution in [-0.4, -0.2) is 23.5 Å². The molecule has 0 aromatic heterocycles. The molecule has 1 aliphatic heterocycles. The molecule has 0 saturated carbocycles. The minimum absolute atomic E-state index is 0.0615. The summed E-state index contributed by atoms with van der Waals surface area (Å²) in [5.74, 6) is 0.764. The van der Waals surface area contributed by atoms with E-state index in [0.29, 0.717) is 12.1 Å². The molecule has 1 amide bonds. The van der Waals surface area contributed by atoms with Crippen molar-refractivity contribution in [1.29, 1.82) is 0 Å². The normalized spacial score (nSPS) is 13.6. The van der Waals surface area contributed by atoms with Crippen LogP contribution < -0.4 is 10.1 Å². The van der Waals surface area contributed by atoms with E-state index in [1.165, 1.54) is 16.7 Å². The molecular formula is C27H30N2O2. The van der Waals surface area contributed by atoms with E-state index in [0.717, 1.165) is 37.4 Å². The number of hydrogen-bond donors (Lipinski definition) is 1. The lowest BCUT2D eigenvalue weighted by atomic mass is 9.99. The van der Waals surface area contributed by atoms with Gasteiger partial charge in [0.2, 0.25) is 0 Å². The van der Waals surface area contributed by atoms with Crippen molar-refractivity contribution in [3.8, 4) is 5.75 Å². The zero-order chi connectivity index (χ0) is 21.6. The Balaban J connectivity index is 1.30. The van der Waals surface area contributed by atoms with Crippen molar-refractivity contribution in [3.63, 3.8) is 0 Å². The van der Waals surface area contributed by atoms with Crippen molar-refractivity contribution in [2.45, 2.75) is 46.0 Å². The summed E-state index contributed by atoms with van der Waals surface area (Å²) in [6, 6.07) is 24.5. The summed E-state index contributed by atoms with van der Waals surface area (Å²) in [5.41, 5.74) is 5.82. The molecule has 1 heterocycles. The van der Waals surface area contributed by atoms with Crippen molar-refractivity contribution in [2.24, 2.45) is 0 Å². The molecule has 0 saturated heterocycles. The van der Waals surface area contributed by atoms with Crippen LogP contribution in [0, 0.1) is 0 Å². The minimum atomic E-state index is -0.0615. The smallest absolute Gasteiger partial charge is 0.251 e. The van der Waals surface area contributed by atoms with Gasteiger partial charge in [0.1, 0.15) is 5.75 Å². The minimum Gasteiger partial charge on any atom is -0.491 e. The van der Waals surface area contributed by atoms with Crippen LogP contribution in [-0.2, 0) is 26.1 Å². The van der Waals surface area contributed by atoms with Crippen molar-refractivity contribution in [2.75, 3.05) is 6.54 Å². The maximum Gasteiger partial charge on any atom is 0.251 e. The van der Waals surface area contributed by atoms with Crippen LogP contribution in [0.2, 0.25) is 0 Å². The Kier molecular flexibility index (Phi) is 6.68. The Morgan fingerprint density at radius 2 is 1.74 bits per heavy atom. The molecule has 4 heteroatoms. The summed E-state index contributed by atoms with van der Waals surface area (Å²) in [5, 5.41) is 3.00. The maximum absolute atomic E-state index is 12.6. The molecule has 1 N–H and O–H groups in total. The van der Waals surface area contributed by atoms with Gasteiger partial charge in [-0.05, 0) is 66.8 Å². The standard InChI is InChI=1S/C27H30N2O2/c1-20(2)31-26-9-5-6-22(16-26)17-28-27(30)24-12-10-21(11-13-24)18-29-15-14-23-7-3-4-8-25(23)19-29/h3-13,16,20H,14-15,17-19H2,1-2H3,(H,28,30). The van der Waals surface area contributed by atoms with Gasteiger partial charge < -0.3 is 10.1 Å². The number of rotatable bonds is 7. The van der Waals surface area contributed by atoms with Gasteiger partial charge in [0.25, 0.3) is 5.91 Å². The van der Waals surface area contributed by atoms with E-state index >= 15 is 0 Å². The molecule has 3 aromatic rings. The van der Waals surface area contributed by atoms with E-state index in [-0.39, 0.29) is 12.0 Å². The van der Waals surface area contributed by atoms with E-state index in [1.54, 1.807) is 0 Å². The quantitative estimate of drug-likeness (QED) is 0.594. The molecule has 4 rings (SSSR count). The Morgan fingerprint density at radius 3 is 2.52 bits per heavy atom. The number of fused-ring (bicyclic) bond motifs is 1. The predicted octanol–water partition coefficient (Wildman–Crippen LogP) is 4.96. The second-order valence-electron chi connectivity index (χ2n) is 8.42. The van der Waals surface area contributed by atoms with E-state index in [4.69, 9.17) is 4.74 Å². The van der Waals surface area contributed by atoms with Crippen LogP contribution in [0.4, 0.5) is 0 Å². The van der Waals surface area contributed by atoms with Gasteiger partial charge in [0.15, 0.2) is 0 Å². The van der Waals surface area contributed by atoms with Gasteiger partial charge in [-0.2, -0.15) is 0 Å². The second kappa shape index (κ2) is 9.80. The number of nitrogens with zero attached hydrogens (tertiary/aromatic N) is 1. The fourth-order valence-corrected chi connectivity index (χ4v) is 3.99. The number of carbonyl (C=O) groups is 1. The number of benzene rings is 3. The monoisotopic (exact) mass is 414 g/mol. The Bertz CT molecular complexity index is 1030. The molecule has 160 valence electrons. The lowest BCUT2D eigenvalue weighted by molar-refractivity contribution is 0.0950. The molecule has 1 aliphatic rings. The summed E-state index contributed by atoms with van der Waals surface area (Å²) in [6.07, 6.45) is 1.23. The number of nitrogens with one attached hydrogen (secondary N) is 1. The molecular weight excluding hydrogens is 384 g/mol. The topological polar surface area (TPSA) is 41.6 Å². The van der Waals surface area contributed by atoms with Crippen LogP contribution in [0.15, 0.2) is 72.8 Å². The maximum atomic E-state index is 12.6. The number of carbonyl (C=O) groups excluding carboxylic acids is 1. The highest BCUT2D eigenvalue weighted by atomic mass is 16.5. The summed E-state index contributed by atoms with van der Waals surface area (Å²) in [7, 11) is 0. The summed E-state index contributed by atoms with van der Waals surface area (Å²) in [6.45, 7) is 7.43. The van der Waals surface area contributed by atoms with Gasteiger partial charge in [-0.1, -0.05) is 48.5 Å². The third-order valence-corrected chi connectivity index (χ3v) is 5.56. The zero-order valence-electron chi connectivity index (χ0n) is 18.3. The van der Waals surface area contributed by atoms with Crippen LogP contribution in [0.1, 0.15) is 46.5 Å². The predicted molar refractivity (Wildman–Crippen MR) is 124 cm³/mol. The fraction of sp³-hybridized carbons (Fsp3) is 0.296. The SMILES string of the molecule is CC(C)Oc1cccc(CNC(=O)c2ccc(CN3CCc4ccccc4C3)cc2)c1. The van der Waals surface area contributed by atoms with Gasteiger partial charge >= 0.3 is 0 Å². The third-order valence-electron chi connectivity index (χ3n) is 5.56. The highest BCUT2D eigenvalue weighted by molar-refractivity contribution is 5.94. The molecule has 0 spiro atoms. The summed E-state index contributed by atoms with van der Waals surface area (Å²) >= 11 is 0. The molecule has 4 nitrogen and oxygen atoms in total. The van der Waals surface area contributed by atoms with Crippen LogP contribution in [0.3, 0.4) is 0 Å². The van der Waals surface area contributed by atoms with E-state index in [1.807, 2.05) is 50.2 Å². The number of ether oxygens (including phenoxy) is 1. The Morgan fingerprint density at radius 1 is 0.968 bits per heavy atom. The Hall–Kier alpha value is -3.11. The van der Waals surface area contributed by atoms with Crippen LogP contribution in [0.5, 0.6) is 5.75 Å². The molecule has 0 bridgehead atoms. The van der Waals surface area contributed by atoms with Crippen molar-refractivity contribution >= 4 is 5.91 Å². The van der Waals surface area contributed by atoms with Gasteiger partial charge in [0, 0.05) is 31.7 Å². The first-order chi connectivity index (χ1) is 15.1. The van der Waals surface area contributed by atoms with Gasteiger partial charge in [-0.25, -0.2) is 0 Å². The van der Waals surface area contributed by atoms with E-state index in [9.17, 15) is 4.79 Å². The van der Waals surface area contributed by atoms with Gasteiger partial charge in [-0.3, -0.25) is 9.69 Å². The zero-order valence-corrected chi connectivity index (χ0v) is 18.3.